The summed E-state index contributed by atoms with van der Waals surface area (Å²) in [7, 11) is 1.84. The summed E-state index contributed by atoms with van der Waals surface area (Å²) in [5.74, 6) is -0.728. The van der Waals surface area contributed by atoms with Gasteiger partial charge in [-0.3, -0.25) is 4.68 Å². The first-order valence-corrected chi connectivity index (χ1v) is 5.79. The van der Waals surface area contributed by atoms with Gasteiger partial charge >= 0.3 is 5.97 Å². The molecular formula is C13H15N3O3. The van der Waals surface area contributed by atoms with Crippen molar-refractivity contribution in [3.63, 3.8) is 0 Å². The van der Waals surface area contributed by atoms with Gasteiger partial charge in [-0.05, 0) is 23.8 Å². The Balaban J connectivity index is 2.01. The van der Waals surface area contributed by atoms with Crippen molar-refractivity contribution in [3.05, 3.63) is 41.7 Å². The molecule has 1 aromatic carbocycles. The van der Waals surface area contributed by atoms with Crippen LogP contribution in [0.5, 0.6) is 5.75 Å². The van der Waals surface area contributed by atoms with Crippen molar-refractivity contribution in [1.29, 1.82) is 0 Å². The number of hydrogen-bond acceptors (Lipinski definition) is 4. The van der Waals surface area contributed by atoms with Crippen LogP contribution in [0.3, 0.4) is 0 Å². The minimum Gasteiger partial charge on any atom is -0.492 e. The van der Waals surface area contributed by atoms with Gasteiger partial charge < -0.3 is 15.6 Å². The summed E-state index contributed by atoms with van der Waals surface area (Å²) in [5, 5.41) is 13.1. The number of ether oxygens (including phenoxy) is 1. The highest BCUT2D eigenvalue weighted by Gasteiger charge is 2.11. The first kappa shape index (κ1) is 12.9. The average molecular weight is 261 g/mol. The van der Waals surface area contributed by atoms with Gasteiger partial charge in [0, 0.05) is 25.4 Å². The van der Waals surface area contributed by atoms with E-state index < -0.39 is 5.97 Å². The second-order valence-electron chi connectivity index (χ2n) is 4.18. The van der Waals surface area contributed by atoms with E-state index >= 15 is 0 Å². The molecular weight excluding hydrogens is 246 g/mol. The van der Waals surface area contributed by atoms with Crippen LogP contribution in [0.25, 0.3) is 0 Å². The standard InChI is InChI=1S/C13H15N3O3/c1-16-8-9(7-15-16)4-5-19-12-3-2-10(14)6-11(12)13(17)18/h2-3,6-8H,4-5,14H2,1H3,(H,17,18). The summed E-state index contributed by atoms with van der Waals surface area (Å²) >= 11 is 0. The van der Waals surface area contributed by atoms with E-state index in [0.29, 0.717) is 24.5 Å². The summed E-state index contributed by atoms with van der Waals surface area (Å²) < 4.78 is 7.20. The second-order valence-corrected chi connectivity index (χ2v) is 4.18. The fourth-order valence-electron chi connectivity index (χ4n) is 1.72. The second kappa shape index (κ2) is 5.43. The maximum Gasteiger partial charge on any atom is 0.339 e. The highest BCUT2D eigenvalue weighted by Crippen LogP contribution is 2.21. The number of anilines is 1. The minimum atomic E-state index is -1.05. The Hall–Kier alpha value is -2.50. The number of rotatable bonds is 5. The van der Waals surface area contributed by atoms with Gasteiger partial charge in [-0.25, -0.2) is 4.79 Å². The van der Waals surface area contributed by atoms with Crippen LogP contribution in [0.2, 0.25) is 0 Å². The molecule has 0 aliphatic heterocycles. The Morgan fingerprint density at radius 3 is 2.95 bits per heavy atom. The quantitative estimate of drug-likeness (QED) is 0.792. The van der Waals surface area contributed by atoms with Crippen molar-refractivity contribution in [1.82, 2.24) is 9.78 Å². The predicted octanol–water partition coefficient (Wildman–Crippen LogP) is 1.32. The molecule has 3 N–H and O–H groups in total. The Bertz CT molecular complexity index is 593. The molecule has 1 heterocycles. The number of aryl methyl sites for hydroxylation is 1. The third-order valence-corrected chi connectivity index (χ3v) is 2.64. The van der Waals surface area contributed by atoms with Crippen molar-refractivity contribution in [2.24, 2.45) is 7.05 Å². The zero-order valence-corrected chi connectivity index (χ0v) is 10.5. The highest BCUT2D eigenvalue weighted by molar-refractivity contribution is 5.92. The van der Waals surface area contributed by atoms with Crippen molar-refractivity contribution in [2.75, 3.05) is 12.3 Å². The predicted molar refractivity (Wildman–Crippen MR) is 70.2 cm³/mol. The van der Waals surface area contributed by atoms with Crippen molar-refractivity contribution >= 4 is 11.7 Å². The monoisotopic (exact) mass is 261 g/mol. The Morgan fingerprint density at radius 1 is 1.53 bits per heavy atom. The number of aromatic carboxylic acids is 1. The molecule has 0 saturated heterocycles. The van der Waals surface area contributed by atoms with Crippen LogP contribution in [-0.4, -0.2) is 27.5 Å². The molecule has 0 fully saturated rings. The van der Waals surface area contributed by atoms with E-state index in [4.69, 9.17) is 15.6 Å². The first-order valence-electron chi connectivity index (χ1n) is 5.79. The Morgan fingerprint density at radius 2 is 2.32 bits per heavy atom. The molecule has 2 aromatic rings. The van der Waals surface area contributed by atoms with Crippen LogP contribution in [0, 0.1) is 0 Å². The summed E-state index contributed by atoms with van der Waals surface area (Å²) in [6.07, 6.45) is 4.31. The zero-order valence-electron chi connectivity index (χ0n) is 10.5. The molecule has 0 atom stereocenters. The molecule has 6 nitrogen and oxygen atoms in total. The van der Waals surface area contributed by atoms with Gasteiger partial charge in [0.1, 0.15) is 11.3 Å². The van der Waals surface area contributed by atoms with Gasteiger partial charge in [0.2, 0.25) is 0 Å². The number of nitrogens with zero attached hydrogens (tertiary/aromatic N) is 2. The number of nitrogen functional groups attached to an aromatic ring is 1. The highest BCUT2D eigenvalue weighted by atomic mass is 16.5. The van der Waals surface area contributed by atoms with Gasteiger partial charge in [0.15, 0.2) is 0 Å². The van der Waals surface area contributed by atoms with E-state index in [-0.39, 0.29) is 5.56 Å². The molecule has 0 radical (unpaired) electrons. The van der Waals surface area contributed by atoms with Gasteiger partial charge in [-0.15, -0.1) is 0 Å². The summed E-state index contributed by atoms with van der Waals surface area (Å²) in [6, 6.07) is 4.58. The maximum atomic E-state index is 11.1. The minimum absolute atomic E-state index is 0.0752. The lowest BCUT2D eigenvalue weighted by Crippen LogP contribution is -2.06. The van der Waals surface area contributed by atoms with Crippen LogP contribution in [0.4, 0.5) is 5.69 Å². The van der Waals surface area contributed by atoms with Crippen LogP contribution < -0.4 is 10.5 Å². The average Bonchev–Trinajstić information content (AvgIpc) is 2.77. The molecule has 19 heavy (non-hydrogen) atoms. The molecule has 0 aliphatic rings. The van der Waals surface area contributed by atoms with E-state index in [1.165, 1.54) is 6.07 Å². The number of carboxylic acids is 1. The molecule has 2 rings (SSSR count). The number of nitrogens with two attached hydrogens (primary N) is 1. The number of aromatic nitrogens is 2. The molecule has 1 aromatic heterocycles. The number of carbonyl (C=O) groups is 1. The number of carboxylic acid groups (broad SMARTS) is 1. The van der Waals surface area contributed by atoms with E-state index in [1.54, 1.807) is 23.0 Å². The molecule has 0 spiro atoms. The van der Waals surface area contributed by atoms with Gasteiger partial charge in [0.25, 0.3) is 0 Å². The van der Waals surface area contributed by atoms with Crippen molar-refractivity contribution < 1.29 is 14.6 Å². The lowest BCUT2D eigenvalue weighted by molar-refractivity contribution is 0.0692. The van der Waals surface area contributed by atoms with E-state index in [0.717, 1.165) is 5.56 Å². The fourth-order valence-corrected chi connectivity index (χ4v) is 1.72. The summed E-state index contributed by atoms with van der Waals surface area (Å²) in [4.78, 5) is 11.1. The first-order chi connectivity index (χ1) is 9.06. The summed E-state index contributed by atoms with van der Waals surface area (Å²) in [6.45, 7) is 0.385. The van der Waals surface area contributed by atoms with Crippen LogP contribution in [-0.2, 0) is 13.5 Å². The zero-order chi connectivity index (χ0) is 13.8. The topological polar surface area (TPSA) is 90.4 Å². The molecule has 100 valence electrons. The number of hydrogen-bond donors (Lipinski definition) is 2. The van der Waals surface area contributed by atoms with Crippen LogP contribution in [0.15, 0.2) is 30.6 Å². The normalized spacial score (nSPS) is 10.4. The maximum absolute atomic E-state index is 11.1. The van der Waals surface area contributed by atoms with Crippen molar-refractivity contribution in [2.45, 2.75) is 6.42 Å². The van der Waals surface area contributed by atoms with Crippen LogP contribution in [0.1, 0.15) is 15.9 Å². The largest absolute Gasteiger partial charge is 0.492 e. The lowest BCUT2D eigenvalue weighted by Gasteiger charge is -2.09. The smallest absolute Gasteiger partial charge is 0.339 e. The van der Waals surface area contributed by atoms with Gasteiger partial charge in [-0.2, -0.15) is 5.10 Å². The molecule has 0 unspecified atom stereocenters. The number of benzene rings is 1. The SMILES string of the molecule is Cn1cc(CCOc2ccc(N)cc2C(=O)O)cn1. The molecule has 0 amide bonds. The molecule has 0 aliphatic carbocycles. The third-order valence-electron chi connectivity index (χ3n) is 2.64. The van der Waals surface area contributed by atoms with Crippen molar-refractivity contribution in [3.8, 4) is 5.75 Å². The molecule has 0 bridgehead atoms. The molecule has 0 saturated carbocycles. The molecule has 6 heteroatoms. The van der Waals surface area contributed by atoms with Crippen LogP contribution >= 0.6 is 0 Å². The van der Waals surface area contributed by atoms with E-state index in [2.05, 4.69) is 5.10 Å². The van der Waals surface area contributed by atoms with E-state index in [9.17, 15) is 4.79 Å². The fraction of sp³-hybridized carbons (Fsp3) is 0.231. The third kappa shape index (κ3) is 3.25. The Labute approximate surface area is 110 Å². The summed E-state index contributed by atoms with van der Waals surface area (Å²) in [5.41, 5.74) is 7.07. The van der Waals surface area contributed by atoms with Gasteiger partial charge in [-0.1, -0.05) is 0 Å². The van der Waals surface area contributed by atoms with E-state index in [1.807, 2.05) is 13.2 Å². The lowest BCUT2D eigenvalue weighted by atomic mass is 10.2. The Kier molecular flexibility index (Phi) is 3.70. The van der Waals surface area contributed by atoms with Gasteiger partial charge in [0.05, 0.1) is 12.8 Å².